The molecule has 0 spiro atoms. The van der Waals surface area contributed by atoms with Gasteiger partial charge in [0.1, 0.15) is 22.3 Å². The van der Waals surface area contributed by atoms with Crippen molar-refractivity contribution < 1.29 is 8.83 Å². The Labute approximate surface area is 264 Å². The van der Waals surface area contributed by atoms with Crippen molar-refractivity contribution in [3.8, 4) is 33.4 Å². The highest BCUT2D eigenvalue weighted by atomic mass is 16.3. The van der Waals surface area contributed by atoms with Crippen LogP contribution in [-0.4, -0.2) is 0 Å². The number of rotatable bonds is 3. The van der Waals surface area contributed by atoms with Gasteiger partial charge in [0.25, 0.3) is 0 Å². The maximum Gasteiger partial charge on any atom is 0.139 e. The largest absolute Gasteiger partial charge is 0.456 e. The van der Waals surface area contributed by atoms with Gasteiger partial charge in [-0.1, -0.05) is 121 Å². The minimum atomic E-state index is 0.835. The molecular formula is C44H26O2. The molecule has 10 aromatic rings. The molecule has 0 aliphatic carbocycles. The number of furan rings is 2. The van der Waals surface area contributed by atoms with E-state index in [1.807, 2.05) is 18.2 Å². The molecule has 0 amide bonds. The molecule has 0 aliphatic rings. The van der Waals surface area contributed by atoms with Gasteiger partial charge in [-0.15, -0.1) is 0 Å². The minimum absolute atomic E-state index is 0.835. The molecule has 2 aromatic heterocycles. The molecule has 0 saturated heterocycles. The summed E-state index contributed by atoms with van der Waals surface area (Å²) < 4.78 is 12.6. The molecule has 2 nitrogen and oxygen atoms in total. The van der Waals surface area contributed by atoms with Gasteiger partial charge in [-0.25, -0.2) is 0 Å². The Morgan fingerprint density at radius 1 is 0.239 bits per heavy atom. The molecule has 0 fully saturated rings. The summed E-state index contributed by atoms with van der Waals surface area (Å²) in [5, 5.41) is 9.37. The predicted octanol–water partition coefficient (Wildman–Crippen LogP) is 12.8. The van der Waals surface area contributed by atoms with Crippen molar-refractivity contribution in [2.24, 2.45) is 0 Å². The van der Waals surface area contributed by atoms with E-state index in [1.165, 1.54) is 54.9 Å². The van der Waals surface area contributed by atoms with Crippen LogP contribution in [0.2, 0.25) is 0 Å². The number of para-hydroxylation sites is 1. The molecule has 214 valence electrons. The Kier molecular flexibility index (Phi) is 5.31. The fourth-order valence-corrected chi connectivity index (χ4v) is 7.39. The van der Waals surface area contributed by atoms with Gasteiger partial charge in [-0.05, 0) is 85.3 Å². The Hall–Kier alpha value is -6.12. The maximum absolute atomic E-state index is 6.39. The van der Waals surface area contributed by atoms with Crippen LogP contribution in [0.3, 0.4) is 0 Å². The van der Waals surface area contributed by atoms with Crippen LogP contribution >= 0.6 is 0 Å². The number of hydrogen-bond acceptors (Lipinski definition) is 2. The Morgan fingerprint density at radius 3 is 1.39 bits per heavy atom. The lowest BCUT2D eigenvalue weighted by atomic mass is 9.85. The van der Waals surface area contributed by atoms with Crippen LogP contribution in [0.5, 0.6) is 0 Å². The molecule has 2 heteroatoms. The lowest BCUT2D eigenvalue weighted by Gasteiger charge is -2.18. The highest BCUT2D eigenvalue weighted by Gasteiger charge is 2.19. The van der Waals surface area contributed by atoms with Crippen molar-refractivity contribution in [2.75, 3.05) is 0 Å². The molecule has 0 bridgehead atoms. The van der Waals surface area contributed by atoms with E-state index >= 15 is 0 Å². The molecular weight excluding hydrogens is 560 g/mol. The van der Waals surface area contributed by atoms with Crippen LogP contribution < -0.4 is 0 Å². The smallest absolute Gasteiger partial charge is 0.139 e. The summed E-state index contributed by atoms with van der Waals surface area (Å²) in [4.78, 5) is 0. The zero-order valence-corrected chi connectivity index (χ0v) is 24.8. The van der Waals surface area contributed by atoms with Crippen molar-refractivity contribution in [3.05, 3.63) is 158 Å². The average molecular weight is 587 g/mol. The van der Waals surface area contributed by atoms with Crippen LogP contribution in [0.15, 0.2) is 167 Å². The van der Waals surface area contributed by atoms with Gasteiger partial charge in [0.15, 0.2) is 0 Å². The number of fused-ring (bicyclic) bond motifs is 8. The van der Waals surface area contributed by atoms with Crippen molar-refractivity contribution >= 4 is 65.4 Å². The van der Waals surface area contributed by atoms with E-state index < -0.39 is 0 Å². The summed E-state index contributed by atoms with van der Waals surface area (Å²) in [5.41, 5.74) is 10.8. The minimum Gasteiger partial charge on any atom is -0.456 e. The normalized spacial score (nSPS) is 11.9. The van der Waals surface area contributed by atoms with E-state index in [4.69, 9.17) is 8.83 Å². The Bertz CT molecular complexity index is 2740. The summed E-state index contributed by atoms with van der Waals surface area (Å²) in [5.74, 6) is 0. The van der Waals surface area contributed by atoms with Gasteiger partial charge >= 0.3 is 0 Å². The van der Waals surface area contributed by atoms with E-state index in [-0.39, 0.29) is 0 Å². The first kappa shape index (κ1) is 25.2. The van der Waals surface area contributed by atoms with Gasteiger partial charge in [-0.2, -0.15) is 0 Å². The standard InChI is InChI=1S/C44H26O2/c1-2-11-27(12-3-1)28-13-10-14-29(23-28)43-32-16-4-6-18-34(32)44(35-19-7-5-17-33(35)43)30-21-22-40-36(24-30)38-25-37-31-15-8-9-20-39(31)45-41(37)26-42(38)46-40/h1-26H. The van der Waals surface area contributed by atoms with Gasteiger partial charge in [0, 0.05) is 27.6 Å². The summed E-state index contributed by atoms with van der Waals surface area (Å²) in [7, 11) is 0. The van der Waals surface area contributed by atoms with Crippen molar-refractivity contribution in [1.29, 1.82) is 0 Å². The second-order valence-electron chi connectivity index (χ2n) is 12.0. The van der Waals surface area contributed by atoms with E-state index in [0.717, 1.165) is 43.9 Å². The first-order chi connectivity index (χ1) is 22.8. The lowest BCUT2D eigenvalue weighted by molar-refractivity contribution is 0.656. The third kappa shape index (κ3) is 3.71. The Balaban J connectivity index is 1.24. The van der Waals surface area contributed by atoms with Gasteiger partial charge < -0.3 is 8.83 Å². The molecule has 10 rings (SSSR count). The van der Waals surface area contributed by atoms with Crippen molar-refractivity contribution in [2.45, 2.75) is 0 Å². The van der Waals surface area contributed by atoms with E-state index in [9.17, 15) is 0 Å². The maximum atomic E-state index is 6.39. The number of hydrogen-bond donors (Lipinski definition) is 0. The zero-order valence-electron chi connectivity index (χ0n) is 24.8. The van der Waals surface area contributed by atoms with Crippen molar-refractivity contribution in [3.63, 3.8) is 0 Å². The molecule has 0 N–H and O–H groups in total. The van der Waals surface area contributed by atoms with Gasteiger partial charge in [0.05, 0.1) is 0 Å². The molecule has 46 heavy (non-hydrogen) atoms. The molecule has 0 radical (unpaired) electrons. The summed E-state index contributed by atoms with van der Waals surface area (Å²) in [6.07, 6.45) is 0. The second-order valence-corrected chi connectivity index (χ2v) is 12.0. The second kappa shape index (κ2) is 9.69. The van der Waals surface area contributed by atoms with Crippen molar-refractivity contribution in [1.82, 2.24) is 0 Å². The Morgan fingerprint density at radius 2 is 0.717 bits per heavy atom. The summed E-state index contributed by atoms with van der Waals surface area (Å²) in [6.45, 7) is 0. The first-order valence-electron chi connectivity index (χ1n) is 15.7. The predicted molar refractivity (Wildman–Crippen MR) is 192 cm³/mol. The summed E-state index contributed by atoms with van der Waals surface area (Å²) in [6, 6.07) is 56.3. The highest BCUT2D eigenvalue weighted by molar-refractivity contribution is 6.22. The third-order valence-electron chi connectivity index (χ3n) is 9.45. The number of benzene rings is 8. The van der Waals surface area contributed by atoms with Crippen LogP contribution in [0, 0.1) is 0 Å². The molecule has 0 unspecified atom stereocenters. The third-order valence-corrected chi connectivity index (χ3v) is 9.45. The molecule has 8 aromatic carbocycles. The topological polar surface area (TPSA) is 26.3 Å². The monoisotopic (exact) mass is 586 g/mol. The molecule has 0 atom stereocenters. The zero-order chi connectivity index (χ0) is 30.2. The fraction of sp³-hybridized carbons (Fsp3) is 0. The summed E-state index contributed by atoms with van der Waals surface area (Å²) >= 11 is 0. The van der Waals surface area contributed by atoms with Crippen LogP contribution in [0.1, 0.15) is 0 Å². The SMILES string of the molecule is c1ccc(-c2cccc(-c3c4ccccc4c(-c4ccc5oc6cc7oc8ccccc8c7cc6c5c4)c4ccccc34)c2)cc1. The molecule has 0 saturated carbocycles. The lowest BCUT2D eigenvalue weighted by Crippen LogP contribution is -1.91. The molecule has 0 aliphatic heterocycles. The highest BCUT2D eigenvalue weighted by Crippen LogP contribution is 2.45. The van der Waals surface area contributed by atoms with Crippen LogP contribution in [0.4, 0.5) is 0 Å². The average Bonchev–Trinajstić information content (AvgIpc) is 3.66. The van der Waals surface area contributed by atoms with E-state index in [0.29, 0.717) is 0 Å². The quantitative estimate of drug-likeness (QED) is 0.193. The first-order valence-corrected chi connectivity index (χ1v) is 15.7. The van der Waals surface area contributed by atoms with Crippen LogP contribution in [-0.2, 0) is 0 Å². The molecule has 2 heterocycles. The fourth-order valence-electron chi connectivity index (χ4n) is 7.39. The van der Waals surface area contributed by atoms with Crippen LogP contribution in [0.25, 0.3) is 98.8 Å². The van der Waals surface area contributed by atoms with Gasteiger partial charge in [-0.3, -0.25) is 0 Å². The van der Waals surface area contributed by atoms with E-state index in [2.05, 4.69) is 140 Å². The van der Waals surface area contributed by atoms with E-state index in [1.54, 1.807) is 0 Å². The van der Waals surface area contributed by atoms with Gasteiger partial charge in [0.2, 0.25) is 0 Å².